The van der Waals surface area contributed by atoms with Crippen LogP contribution in [0, 0.1) is 18.3 Å². The molecule has 32 heavy (non-hydrogen) atoms. The zero-order valence-corrected chi connectivity index (χ0v) is 18.4. The second-order valence-electron chi connectivity index (χ2n) is 7.61. The number of nitrogens with zero attached hydrogens (tertiary/aromatic N) is 2. The van der Waals surface area contributed by atoms with E-state index in [0.29, 0.717) is 16.7 Å². The third-order valence-corrected chi connectivity index (χ3v) is 4.82. The first-order chi connectivity index (χ1) is 15.3. The molecule has 1 heterocycles. The molecule has 0 bridgehead atoms. The number of H-pyrrole nitrogens is 2. The van der Waals surface area contributed by atoms with E-state index in [1.54, 1.807) is 19.2 Å². The SMILES string of the molecule is COc1ccc(CO/N=C(\c2cc(C)cc(C#N)c2)c2[nH]c(=O)[nH]c(=O)c2C(C)C)cc1. The smallest absolute Gasteiger partial charge is 0.326 e. The predicted octanol–water partition coefficient (Wildman–Crippen LogP) is 3.34. The van der Waals surface area contributed by atoms with Crippen molar-refractivity contribution < 1.29 is 9.57 Å². The van der Waals surface area contributed by atoms with Crippen molar-refractivity contribution in [3.05, 3.63) is 96.8 Å². The molecule has 1 aromatic heterocycles. The van der Waals surface area contributed by atoms with Gasteiger partial charge in [0.15, 0.2) is 0 Å². The molecule has 0 aliphatic rings. The van der Waals surface area contributed by atoms with Crippen LogP contribution >= 0.6 is 0 Å². The zero-order chi connectivity index (χ0) is 23.3. The maximum atomic E-state index is 12.5. The van der Waals surface area contributed by atoms with Crippen LogP contribution in [0.2, 0.25) is 0 Å². The molecular formula is C24H24N4O4. The molecule has 8 nitrogen and oxygen atoms in total. The molecule has 0 saturated carbocycles. The quantitative estimate of drug-likeness (QED) is 0.438. The lowest BCUT2D eigenvalue weighted by molar-refractivity contribution is 0.130. The highest BCUT2D eigenvalue weighted by Gasteiger charge is 2.20. The van der Waals surface area contributed by atoms with E-state index in [2.05, 4.69) is 21.2 Å². The fourth-order valence-corrected chi connectivity index (χ4v) is 3.35. The maximum Gasteiger partial charge on any atom is 0.326 e. The number of rotatable bonds is 7. The van der Waals surface area contributed by atoms with Crippen molar-refractivity contribution in [2.24, 2.45) is 5.16 Å². The molecule has 8 heteroatoms. The summed E-state index contributed by atoms with van der Waals surface area (Å²) in [7, 11) is 1.59. The van der Waals surface area contributed by atoms with Crippen LogP contribution in [0.1, 0.15) is 53.3 Å². The van der Waals surface area contributed by atoms with Gasteiger partial charge in [-0.1, -0.05) is 31.1 Å². The molecule has 0 unspecified atom stereocenters. The molecule has 0 aliphatic heterocycles. The summed E-state index contributed by atoms with van der Waals surface area (Å²) in [6, 6.07) is 14.7. The Morgan fingerprint density at radius 3 is 2.47 bits per heavy atom. The van der Waals surface area contributed by atoms with Gasteiger partial charge in [-0.2, -0.15) is 5.26 Å². The lowest BCUT2D eigenvalue weighted by Crippen LogP contribution is -2.31. The summed E-state index contributed by atoms with van der Waals surface area (Å²) < 4.78 is 5.16. The summed E-state index contributed by atoms with van der Waals surface area (Å²) in [6.45, 7) is 5.71. The van der Waals surface area contributed by atoms with Crippen LogP contribution in [0.15, 0.2) is 57.2 Å². The molecule has 2 N–H and O–H groups in total. The number of aryl methyl sites for hydroxylation is 1. The molecule has 0 aliphatic carbocycles. The number of benzene rings is 2. The van der Waals surface area contributed by atoms with Crippen LogP contribution in [0.25, 0.3) is 0 Å². The normalized spacial score (nSPS) is 11.3. The Morgan fingerprint density at radius 1 is 1.12 bits per heavy atom. The van der Waals surface area contributed by atoms with Crippen LogP contribution in [0.5, 0.6) is 5.75 Å². The predicted molar refractivity (Wildman–Crippen MR) is 121 cm³/mol. The summed E-state index contributed by atoms with van der Waals surface area (Å²) >= 11 is 0. The Balaban J connectivity index is 2.11. The summed E-state index contributed by atoms with van der Waals surface area (Å²) in [5.41, 5.74) is 2.44. The van der Waals surface area contributed by atoms with Gasteiger partial charge < -0.3 is 14.6 Å². The van der Waals surface area contributed by atoms with Crippen LogP contribution in [0.4, 0.5) is 0 Å². The lowest BCUT2D eigenvalue weighted by atomic mass is 9.95. The van der Waals surface area contributed by atoms with Gasteiger partial charge in [-0.05, 0) is 54.3 Å². The summed E-state index contributed by atoms with van der Waals surface area (Å²) in [5, 5.41) is 13.7. The largest absolute Gasteiger partial charge is 0.497 e. The van der Waals surface area contributed by atoms with Crippen LogP contribution in [0.3, 0.4) is 0 Å². The number of nitrogens with one attached hydrogen (secondary N) is 2. The number of oxime groups is 1. The minimum Gasteiger partial charge on any atom is -0.497 e. The first-order valence-corrected chi connectivity index (χ1v) is 10.0. The molecule has 3 rings (SSSR count). The highest BCUT2D eigenvalue weighted by atomic mass is 16.6. The maximum absolute atomic E-state index is 12.5. The van der Waals surface area contributed by atoms with Crippen molar-refractivity contribution in [3.63, 3.8) is 0 Å². The second kappa shape index (κ2) is 9.79. The van der Waals surface area contributed by atoms with Gasteiger partial charge in [-0.15, -0.1) is 0 Å². The standard InChI is InChI=1S/C24H24N4O4/c1-14(2)20-22(26-24(30)27-23(20)29)21(18-10-15(3)9-17(11-18)12-25)28-32-13-16-5-7-19(31-4)8-6-16/h5-11,14H,13H2,1-4H3,(H2,26,27,29,30)/b28-21+. The van der Waals surface area contributed by atoms with Crippen molar-refractivity contribution in [3.8, 4) is 11.8 Å². The van der Waals surface area contributed by atoms with E-state index in [1.165, 1.54) is 0 Å². The van der Waals surface area contributed by atoms with Crippen LogP contribution in [-0.2, 0) is 11.4 Å². The number of nitriles is 1. The molecule has 2 aromatic carbocycles. The minimum atomic E-state index is -0.648. The van der Waals surface area contributed by atoms with Crippen molar-refractivity contribution in [1.82, 2.24) is 9.97 Å². The van der Waals surface area contributed by atoms with Crippen molar-refractivity contribution in [2.75, 3.05) is 7.11 Å². The molecule has 0 spiro atoms. The summed E-state index contributed by atoms with van der Waals surface area (Å²) in [6.07, 6.45) is 0. The van der Waals surface area contributed by atoms with Gasteiger partial charge in [-0.25, -0.2) is 4.79 Å². The Hall–Kier alpha value is -4.12. The highest BCUT2D eigenvalue weighted by Crippen LogP contribution is 2.20. The Morgan fingerprint density at radius 2 is 1.84 bits per heavy atom. The number of hydrogen-bond donors (Lipinski definition) is 2. The highest BCUT2D eigenvalue weighted by molar-refractivity contribution is 6.12. The molecule has 3 aromatic rings. The van der Waals surface area contributed by atoms with Gasteiger partial charge in [0.1, 0.15) is 18.1 Å². The molecule has 0 amide bonds. The van der Waals surface area contributed by atoms with Crippen molar-refractivity contribution in [2.45, 2.75) is 33.3 Å². The average molecular weight is 432 g/mol. The van der Waals surface area contributed by atoms with Crippen LogP contribution in [-0.4, -0.2) is 22.8 Å². The number of aromatic nitrogens is 2. The van der Waals surface area contributed by atoms with Gasteiger partial charge in [-0.3, -0.25) is 9.78 Å². The van der Waals surface area contributed by atoms with Gasteiger partial charge >= 0.3 is 5.69 Å². The third-order valence-electron chi connectivity index (χ3n) is 4.82. The van der Waals surface area contributed by atoms with E-state index in [1.807, 2.05) is 51.1 Å². The van der Waals surface area contributed by atoms with Crippen molar-refractivity contribution in [1.29, 1.82) is 5.26 Å². The third kappa shape index (κ3) is 5.13. The molecule has 0 fully saturated rings. The lowest BCUT2D eigenvalue weighted by Gasteiger charge is -2.14. The van der Waals surface area contributed by atoms with Crippen molar-refractivity contribution >= 4 is 5.71 Å². The number of hydrogen-bond acceptors (Lipinski definition) is 6. The number of ether oxygens (including phenoxy) is 1. The Kier molecular flexibility index (Phi) is 6.90. The summed E-state index contributed by atoms with van der Waals surface area (Å²) in [5.74, 6) is 0.530. The molecule has 0 atom stereocenters. The minimum absolute atomic E-state index is 0.162. The Labute approximate surface area is 185 Å². The van der Waals surface area contributed by atoms with Gasteiger partial charge in [0.25, 0.3) is 5.56 Å². The first-order valence-electron chi connectivity index (χ1n) is 10.0. The zero-order valence-electron chi connectivity index (χ0n) is 18.4. The van der Waals surface area contributed by atoms with E-state index in [9.17, 15) is 14.9 Å². The molecular weight excluding hydrogens is 408 g/mol. The fourth-order valence-electron chi connectivity index (χ4n) is 3.35. The first kappa shape index (κ1) is 22.6. The van der Waals surface area contributed by atoms with E-state index >= 15 is 0 Å². The van der Waals surface area contributed by atoms with E-state index < -0.39 is 11.2 Å². The molecule has 0 radical (unpaired) electrons. The molecule has 164 valence electrons. The number of methoxy groups -OCH3 is 1. The topological polar surface area (TPSA) is 120 Å². The van der Waals surface area contributed by atoms with E-state index in [-0.39, 0.29) is 23.9 Å². The summed E-state index contributed by atoms with van der Waals surface area (Å²) in [4.78, 5) is 35.2. The fraction of sp³-hybridized carbons (Fsp3) is 0.250. The average Bonchev–Trinajstić information content (AvgIpc) is 2.75. The molecule has 0 saturated heterocycles. The van der Waals surface area contributed by atoms with Gasteiger partial charge in [0.2, 0.25) is 0 Å². The monoisotopic (exact) mass is 432 g/mol. The number of aromatic amines is 2. The Bertz CT molecular complexity index is 1300. The second-order valence-corrected chi connectivity index (χ2v) is 7.61. The van der Waals surface area contributed by atoms with Gasteiger partial charge in [0, 0.05) is 11.1 Å². The van der Waals surface area contributed by atoms with Crippen LogP contribution < -0.4 is 16.0 Å². The van der Waals surface area contributed by atoms with E-state index in [0.717, 1.165) is 16.9 Å². The van der Waals surface area contributed by atoms with Gasteiger partial charge in [0.05, 0.1) is 24.4 Å². The van der Waals surface area contributed by atoms with E-state index in [4.69, 9.17) is 9.57 Å².